The van der Waals surface area contributed by atoms with Crippen LogP contribution in [0.2, 0.25) is 0 Å². The Bertz CT molecular complexity index is 968. The molecule has 0 unspecified atom stereocenters. The second-order valence-electron chi connectivity index (χ2n) is 5.98. The Balaban J connectivity index is 2.23. The van der Waals surface area contributed by atoms with Crippen molar-refractivity contribution in [2.45, 2.75) is 11.8 Å². The summed E-state index contributed by atoms with van der Waals surface area (Å²) < 4.78 is 36.7. The van der Waals surface area contributed by atoms with Gasteiger partial charge in [0.15, 0.2) is 0 Å². The van der Waals surface area contributed by atoms with Gasteiger partial charge >= 0.3 is 0 Å². The minimum absolute atomic E-state index is 0.00562. The monoisotopic (exact) mass is 404 g/mol. The number of ether oxygens (including phenoxy) is 2. The summed E-state index contributed by atoms with van der Waals surface area (Å²) >= 11 is 0. The molecular weight excluding hydrogens is 380 g/mol. The highest BCUT2D eigenvalue weighted by Crippen LogP contribution is 2.29. The van der Waals surface area contributed by atoms with Gasteiger partial charge in [0.2, 0.25) is 15.9 Å². The van der Waals surface area contributed by atoms with Crippen LogP contribution in [0.25, 0.3) is 6.08 Å². The number of nitrogens with zero attached hydrogens (tertiary/aromatic N) is 1. The van der Waals surface area contributed by atoms with E-state index in [1.54, 1.807) is 32.2 Å². The molecule has 7 nitrogen and oxygen atoms in total. The summed E-state index contributed by atoms with van der Waals surface area (Å²) in [7, 11) is 0.720. The molecule has 150 valence electrons. The van der Waals surface area contributed by atoms with E-state index in [2.05, 4.69) is 5.32 Å². The highest BCUT2D eigenvalue weighted by Gasteiger charge is 2.23. The topological polar surface area (TPSA) is 84.9 Å². The summed E-state index contributed by atoms with van der Waals surface area (Å²) in [6.45, 7) is 2.09. The molecule has 1 N–H and O–H groups in total. The number of carbonyl (C=O) groups excluding carboxylic acids is 1. The zero-order valence-electron chi connectivity index (χ0n) is 16.3. The van der Waals surface area contributed by atoms with E-state index < -0.39 is 10.0 Å². The number of carbonyl (C=O) groups is 1. The van der Waals surface area contributed by atoms with Gasteiger partial charge < -0.3 is 14.8 Å². The lowest BCUT2D eigenvalue weighted by Gasteiger charge is -2.16. The van der Waals surface area contributed by atoms with Crippen LogP contribution in [-0.2, 0) is 14.8 Å². The molecule has 28 heavy (non-hydrogen) atoms. The van der Waals surface area contributed by atoms with Crippen molar-refractivity contribution in [3.05, 3.63) is 54.1 Å². The van der Waals surface area contributed by atoms with Gasteiger partial charge in [-0.2, -0.15) is 0 Å². The number of nitrogens with one attached hydrogen (secondary N) is 1. The third kappa shape index (κ3) is 5.34. The summed E-state index contributed by atoms with van der Waals surface area (Å²) in [5, 5.41) is 2.67. The molecule has 0 atom stereocenters. The van der Waals surface area contributed by atoms with E-state index >= 15 is 0 Å². The molecule has 2 aromatic carbocycles. The van der Waals surface area contributed by atoms with Gasteiger partial charge in [0, 0.05) is 25.9 Å². The first-order valence-electron chi connectivity index (χ1n) is 8.60. The maximum atomic E-state index is 12.5. The van der Waals surface area contributed by atoms with Crippen molar-refractivity contribution in [2.24, 2.45) is 0 Å². The molecule has 0 aliphatic rings. The van der Waals surface area contributed by atoms with E-state index in [9.17, 15) is 13.2 Å². The lowest BCUT2D eigenvalue weighted by molar-refractivity contribution is -0.111. The molecule has 0 heterocycles. The van der Waals surface area contributed by atoms with E-state index in [-0.39, 0.29) is 16.6 Å². The predicted octanol–water partition coefficient (Wildman–Crippen LogP) is 3.00. The standard InChI is InChI=1S/C20H24N2O5S/c1-5-27-18-11-10-16(14-19(18)28(24,25)22(2)3)21-20(23)12-9-15-7-6-8-17(13-15)26-4/h6-14H,5H2,1-4H3,(H,21,23)/b12-9+. The number of sulfonamides is 1. The summed E-state index contributed by atoms with van der Waals surface area (Å²) in [5.74, 6) is 0.536. The molecule has 0 saturated heterocycles. The smallest absolute Gasteiger partial charge is 0.248 e. The highest BCUT2D eigenvalue weighted by molar-refractivity contribution is 7.89. The van der Waals surface area contributed by atoms with Crippen molar-refractivity contribution in [1.29, 1.82) is 0 Å². The van der Waals surface area contributed by atoms with Gasteiger partial charge in [-0.3, -0.25) is 4.79 Å². The molecule has 8 heteroatoms. The van der Waals surface area contributed by atoms with Crippen molar-refractivity contribution in [3.63, 3.8) is 0 Å². The molecular formula is C20H24N2O5S. The third-order valence-corrected chi connectivity index (χ3v) is 5.63. The first-order valence-corrected chi connectivity index (χ1v) is 10.0. The van der Waals surface area contributed by atoms with Crippen LogP contribution < -0.4 is 14.8 Å². The molecule has 2 rings (SSSR count). The molecule has 0 aliphatic carbocycles. The fourth-order valence-electron chi connectivity index (χ4n) is 2.36. The van der Waals surface area contributed by atoms with Crippen LogP contribution in [0.15, 0.2) is 53.4 Å². The molecule has 0 spiro atoms. The van der Waals surface area contributed by atoms with Gasteiger partial charge in [0.05, 0.1) is 13.7 Å². The minimum Gasteiger partial charge on any atom is -0.497 e. The number of amides is 1. The molecule has 0 aliphatic heterocycles. The fraction of sp³-hybridized carbons (Fsp3) is 0.250. The Labute approximate surface area is 165 Å². The van der Waals surface area contributed by atoms with E-state index in [1.165, 1.54) is 32.3 Å². The lowest BCUT2D eigenvalue weighted by Crippen LogP contribution is -2.23. The second kappa shape index (κ2) is 9.38. The summed E-state index contributed by atoms with van der Waals surface area (Å²) in [6.07, 6.45) is 3.01. The molecule has 0 fully saturated rings. The maximum Gasteiger partial charge on any atom is 0.248 e. The van der Waals surface area contributed by atoms with Crippen LogP contribution >= 0.6 is 0 Å². The number of hydrogen-bond acceptors (Lipinski definition) is 5. The zero-order chi connectivity index (χ0) is 20.7. The number of anilines is 1. The Kier molecular flexibility index (Phi) is 7.19. The summed E-state index contributed by atoms with van der Waals surface area (Å²) in [6, 6.07) is 11.8. The van der Waals surface area contributed by atoms with E-state index in [4.69, 9.17) is 9.47 Å². The van der Waals surface area contributed by atoms with Crippen molar-refractivity contribution in [3.8, 4) is 11.5 Å². The largest absolute Gasteiger partial charge is 0.497 e. The van der Waals surface area contributed by atoms with Gasteiger partial charge in [0.1, 0.15) is 16.4 Å². The van der Waals surface area contributed by atoms with Gasteiger partial charge in [-0.1, -0.05) is 12.1 Å². The van der Waals surface area contributed by atoms with E-state index in [0.29, 0.717) is 18.0 Å². The summed E-state index contributed by atoms with van der Waals surface area (Å²) in [4.78, 5) is 12.2. The Hall–Kier alpha value is -2.84. The zero-order valence-corrected chi connectivity index (χ0v) is 17.1. The average molecular weight is 404 g/mol. The average Bonchev–Trinajstić information content (AvgIpc) is 2.67. The van der Waals surface area contributed by atoms with Crippen molar-refractivity contribution < 1.29 is 22.7 Å². The van der Waals surface area contributed by atoms with E-state index in [1.807, 2.05) is 18.2 Å². The highest BCUT2D eigenvalue weighted by atomic mass is 32.2. The van der Waals surface area contributed by atoms with Crippen LogP contribution in [-0.4, -0.2) is 46.4 Å². The van der Waals surface area contributed by atoms with Crippen LogP contribution in [0.1, 0.15) is 12.5 Å². The Morgan fingerprint density at radius 1 is 1.18 bits per heavy atom. The molecule has 0 aromatic heterocycles. The number of rotatable bonds is 8. The van der Waals surface area contributed by atoms with Crippen molar-refractivity contribution in [2.75, 3.05) is 33.1 Å². The van der Waals surface area contributed by atoms with Gasteiger partial charge in [-0.05, 0) is 48.9 Å². The molecule has 0 saturated carbocycles. The van der Waals surface area contributed by atoms with Crippen molar-refractivity contribution in [1.82, 2.24) is 4.31 Å². The normalized spacial score (nSPS) is 11.6. The molecule has 2 aromatic rings. The first-order chi connectivity index (χ1) is 13.3. The van der Waals surface area contributed by atoms with Crippen LogP contribution in [0.4, 0.5) is 5.69 Å². The molecule has 0 radical (unpaired) electrons. The van der Waals surface area contributed by atoms with Crippen LogP contribution in [0.5, 0.6) is 11.5 Å². The van der Waals surface area contributed by atoms with E-state index in [0.717, 1.165) is 9.87 Å². The number of benzene rings is 2. The maximum absolute atomic E-state index is 12.5. The van der Waals surface area contributed by atoms with Crippen LogP contribution in [0, 0.1) is 0 Å². The van der Waals surface area contributed by atoms with Gasteiger partial charge in [0.25, 0.3) is 0 Å². The van der Waals surface area contributed by atoms with Crippen molar-refractivity contribution >= 4 is 27.7 Å². The lowest BCUT2D eigenvalue weighted by atomic mass is 10.2. The minimum atomic E-state index is -3.73. The second-order valence-corrected chi connectivity index (χ2v) is 8.10. The van der Waals surface area contributed by atoms with Gasteiger partial charge in [-0.15, -0.1) is 0 Å². The first kappa shape index (κ1) is 21.5. The Morgan fingerprint density at radius 2 is 1.93 bits per heavy atom. The molecule has 0 bridgehead atoms. The number of hydrogen-bond donors (Lipinski definition) is 1. The SMILES string of the molecule is CCOc1ccc(NC(=O)/C=C/c2cccc(OC)c2)cc1S(=O)(=O)N(C)C. The predicted molar refractivity (Wildman–Crippen MR) is 109 cm³/mol. The number of methoxy groups -OCH3 is 1. The summed E-state index contributed by atoms with van der Waals surface area (Å²) in [5.41, 5.74) is 1.15. The quantitative estimate of drug-likeness (QED) is 0.684. The fourth-order valence-corrected chi connectivity index (χ4v) is 3.41. The van der Waals surface area contributed by atoms with Gasteiger partial charge in [-0.25, -0.2) is 12.7 Å². The third-order valence-electron chi connectivity index (χ3n) is 3.79. The Morgan fingerprint density at radius 3 is 2.57 bits per heavy atom. The molecule has 1 amide bonds. The van der Waals surface area contributed by atoms with Crippen LogP contribution in [0.3, 0.4) is 0 Å².